The molecule has 130 valence electrons. The molecular weight excluding hydrogens is 346 g/mol. The van der Waals surface area contributed by atoms with Crippen LogP contribution in [-0.2, 0) is 10.0 Å². The highest BCUT2D eigenvalue weighted by Gasteiger charge is 2.16. The number of hydrogen-bond donors (Lipinski definition) is 2. The van der Waals surface area contributed by atoms with Gasteiger partial charge in [-0.15, -0.1) is 11.3 Å². The first kappa shape index (κ1) is 17.1. The summed E-state index contributed by atoms with van der Waals surface area (Å²) >= 11 is 1.27. The van der Waals surface area contributed by atoms with E-state index >= 15 is 0 Å². The highest BCUT2D eigenvalue weighted by Crippen LogP contribution is 2.20. The summed E-state index contributed by atoms with van der Waals surface area (Å²) < 4.78 is 27.2. The Balaban J connectivity index is 1.50. The Bertz CT molecular complexity index is 785. The number of nitrogens with zero attached hydrogens (tertiary/aromatic N) is 3. The normalized spacial score (nSPS) is 15.0. The maximum absolute atomic E-state index is 12.1. The van der Waals surface area contributed by atoms with E-state index in [-0.39, 0.29) is 0 Å². The lowest BCUT2D eigenvalue weighted by atomic mass is 10.4. The number of rotatable bonds is 7. The average molecular weight is 368 g/mol. The van der Waals surface area contributed by atoms with E-state index < -0.39 is 10.0 Å². The van der Waals surface area contributed by atoms with Crippen LogP contribution in [0, 0.1) is 6.92 Å². The Morgan fingerprint density at radius 2 is 2.00 bits per heavy atom. The number of thiophene rings is 1. The third-order valence-electron chi connectivity index (χ3n) is 3.79. The molecule has 0 saturated carbocycles. The lowest BCUT2D eigenvalue weighted by Crippen LogP contribution is -2.28. The van der Waals surface area contributed by atoms with Crippen molar-refractivity contribution in [3.8, 4) is 0 Å². The molecule has 0 aliphatic carbocycles. The minimum absolute atomic E-state index is 0.294. The zero-order valence-electron chi connectivity index (χ0n) is 13.5. The maximum Gasteiger partial charge on any atom is 0.250 e. The van der Waals surface area contributed by atoms with Crippen LogP contribution >= 0.6 is 11.3 Å². The molecule has 0 spiro atoms. The van der Waals surface area contributed by atoms with Gasteiger partial charge in [0.05, 0.1) is 0 Å². The van der Waals surface area contributed by atoms with Gasteiger partial charge in [-0.3, -0.25) is 0 Å². The maximum atomic E-state index is 12.1. The summed E-state index contributed by atoms with van der Waals surface area (Å²) in [5.74, 6) is 1.62. The molecule has 0 radical (unpaired) electrons. The molecule has 2 N–H and O–H groups in total. The van der Waals surface area contributed by atoms with E-state index in [2.05, 4.69) is 24.9 Å². The van der Waals surface area contributed by atoms with Crippen LogP contribution in [0.25, 0.3) is 0 Å². The third kappa shape index (κ3) is 4.22. The number of sulfonamides is 1. The second kappa shape index (κ2) is 7.45. The molecule has 24 heavy (non-hydrogen) atoms. The molecule has 2 aromatic heterocycles. The summed E-state index contributed by atoms with van der Waals surface area (Å²) in [6, 6.07) is 5.34. The molecule has 3 rings (SSSR count). The topological polar surface area (TPSA) is 87.2 Å². The molecule has 1 fully saturated rings. The van der Waals surface area contributed by atoms with Gasteiger partial charge in [0.25, 0.3) is 0 Å². The van der Waals surface area contributed by atoms with E-state index in [4.69, 9.17) is 0 Å². The van der Waals surface area contributed by atoms with Crippen LogP contribution in [0.2, 0.25) is 0 Å². The Morgan fingerprint density at radius 3 is 2.71 bits per heavy atom. The third-order valence-corrected chi connectivity index (χ3v) is 6.74. The van der Waals surface area contributed by atoms with Gasteiger partial charge >= 0.3 is 0 Å². The first-order valence-corrected chi connectivity index (χ1v) is 10.2. The minimum atomic E-state index is -3.43. The Morgan fingerprint density at radius 1 is 1.21 bits per heavy atom. The van der Waals surface area contributed by atoms with E-state index in [1.807, 2.05) is 13.0 Å². The second-order valence-electron chi connectivity index (χ2n) is 5.65. The summed E-state index contributed by atoms with van der Waals surface area (Å²) in [6.07, 6.45) is 3.92. The Kier molecular flexibility index (Phi) is 5.32. The molecule has 0 aromatic carbocycles. The van der Waals surface area contributed by atoms with Crippen molar-refractivity contribution in [3.63, 3.8) is 0 Å². The zero-order valence-corrected chi connectivity index (χ0v) is 15.2. The Hall–Kier alpha value is -1.71. The van der Waals surface area contributed by atoms with Crippen LogP contribution in [0.4, 0.5) is 11.6 Å². The Labute approximate surface area is 146 Å². The molecular formula is C15H21N5O2S2. The molecule has 0 amide bonds. The number of hydrogen-bond acceptors (Lipinski definition) is 7. The molecule has 1 saturated heterocycles. The van der Waals surface area contributed by atoms with Gasteiger partial charge in [-0.25, -0.2) is 23.1 Å². The lowest BCUT2D eigenvalue weighted by Gasteiger charge is -2.16. The van der Waals surface area contributed by atoms with Gasteiger partial charge in [0.15, 0.2) is 0 Å². The molecule has 2 aromatic rings. The van der Waals surface area contributed by atoms with E-state index in [1.54, 1.807) is 12.1 Å². The molecule has 1 aliphatic heterocycles. The van der Waals surface area contributed by atoms with E-state index in [0.717, 1.165) is 23.8 Å². The molecule has 0 atom stereocenters. The van der Waals surface area contributed by atoms with E-state index in [9.17, 15) is 8.42 Å². The summed E-state index contributed by atoms with van der Waals surface area (Å²) in [6.45, 7) is 4.69. The van der Waals surface area contributed by atoms with Gasteiger partial charge in [-0.1, -0.05) is 0 Å². The molecule has 0 unspecified atom stereocenters. The van der Waals surface area contributed by atoms with E-state index in [0.29, 0.717) is 23.1 Å². The first-order chi connectivity index (χ1) is 11.5. The van der Waals surface area contributed by atoms with Crippen molar-refractivity contribution in [1.29, 1.82) is 0 Å². The fourth-order valence-corrected chi connectivity index (χ4v) is 4.93. The molecule has 0 bridgehead atoms. The molecule has 1 aliphatic rings. The van der Waals surface area contributed by atoms with Crippen molar-refractivity contribution in [1.82, 2.24) is 14.7 Å². The predicted molar refractivity (Wildman–Crippen MR) is 96.2 cm³/mol. The van der Waals surface area contributed by atoms with E-state index in [1.165, 1.54) is 30.5 Å². The number of aromatic nitrogens is 2. The number of nitrogens with one attached hydrogen (secondary N) is 2. The number of anilines is 2. The van der Waals surface area contributed by atoms with Crippen LogP contribution in [0.3, 0.4) is 0 Å². The molecule has 9 heteroatoms. The fourth-order valence-electron chi connectivity index (χ4n) is 2.57. The van der Waals surface area contributed by atoms with Crippen molar-refractivity contribution in [2.45, 2.75) is 24.0 Å². The zero-order chi connectivity index (χ0) is 17.0. The van der Waals surface area contributed by atoms with Crippen LogP contribution < -0.4 is 14.9 Å². The summed E-state index contributed by atoms with van der Waals surface area (Å²) in [7, 11) is -3.43. The largest absolute Gasteiger partial charge is 0.369 e. The summed E-state index contributed by atoms with van der Waals surface area (Å²) in [4.78, 5) is 11.7. The monoisotopic (exact) mass is 367 g/mol. The predicted octanol–water partition coefficient (Wildman–Crippen LogP) is 1.84. The van der Waals surface area contributed by atoms with Crippen molar-refractivity contribution < 1.29 is 8.42 Å². The SMILES string of the molecule is Cc1ccc(S(=O)(=O)NCCNc2cc(N3CCCC3)ncn2)s1. The van der Waals surface area contributed by atoms with Gasteiger partial charge in [0.2, 0.25) is 10.0 Å². The van der Waals surface area contributed by atoms with Gasteiger partial charge in [-0.05, 0) is 31.9 Å². The van der Waals surface area contributed by atoms with Crippen LogP contribution in [0.15, 0.2) is 28.7 Å². The van der Waals surface area contributed by atoms with Crippen molar-refractivity contribution in [2.24, 2.45) is 0 Å². The van der Waals surface area contributed by atoms with Crippen molar-refractivity contribution >= 4 is 33.0 Å². The summed E-state index contributed by atoms with van der Waals surface area (Å²) in [5, 5.41) is 3.14. The van der Waals surface area contributed by atoms with Gasteiger partial charge in [0, 0.05) is 37.1 Å². The van der Waals surface area contributed by atoms with Gasteiger partial charge in [0.1, 0.15) is 22.2 Å². The second-order valence-corrected chi connectivity index (χ2v) is 8.93. The van der Waals surface area contributed by atoms with Crippen molar-refractivity contribution in [2.75, 3.05) is 36.4 Å². The van der Waals surface area contributed by atoms with Crippen LogP contribution in [0.1, 0.15) is 17.7 Å². The summed E-state index contributed by atoms with van der Waals surface area (Å²) in [5.41, 5.74) is 0. The highest BCUT2D eigenvalue weighted by molar-refractivity contribution is 7.91. The molecule has 7 nitrogen and oxygen atoms in total. The lowest BCUT2D eigenvalue weighted by molar-refractivity contribution is 0.585. The standard InChI is InChI=1S/C15H21N5O2S2/c1-12-4-5-15(23-12)24(21,22)19-7-6-16-13-10-14(18-11-17-13)20-8-2-3-9-20/h4-5,10-11,19H,2-3,6-9H2,1H3,(H,16,17,18). The number of aryl methyl sites for hydroxylation is 1. The highest BCUT2D eigenvalue weighted by atomic mass is 32.2. The minimum Gasteiger partial charge on any atom is -0.369 e. The van der Waals surface area contributed by atoms with Crippen molar-refractivity contribution in [3.05, 3.63) is 29.4 Å². The van der Waals surface area contributed by atoms with Gasteiger partial charge < -0.3 is 10.2 Å². The smallest absolute Gasteiger partial charge is 0.250 e. The first-order valence-electron chi connectivity index (χ1n) is 7.91. The average Bonchev–Trinajstić information content (AvgIpc) is 3.23. The van der Waals surface area contributed by atoms with Crippen LogP contribution in [-0.4, -0.2) is 44.6 Å². The van der Waals surface area contributed by atoms with Crippen LogP contribution in [0.5, 0.6) is 0 Å². The van der Waals surface area contributed by atoms with Gasteiger partial charge in [-0.2, -0.15) is 0 Å². The fraction of sp³-hybridized carbons (Fsp3) is 0.467. The quantitative estimate of drug-likeness (QED) is 0.726. The molecule has 3 heterocycles.